The van der Waals surface area contributed by atoms with Gasteiger partial charge in [0.2, 0.25) is 0 Å². The normalized spacial score (nSPS) is 13.2. The fraction of sp³-hybridized carbons (Fsp3) is 0.500. The van der Waals surface area contributed by atoms with Gasteiger partial charge in [-0.1, -0.05) is 26.8 Å². The Hall–Kier alpha value is -1.16. The summed E-state index contributed by atoms with van der Waals surface area (Å²) in [5, 5.41) is 2.26. The third-order valence-electron chi connectivity index (χ3n) is 2.51. The summed E-state index contributed by atoms with van der Waals surface area (Å²) < 4.78 is 26.4. The molecule has 0 spiro atoms. The predicted molar refractivity (Wildman–Crippen MR) is 72.4 cm³/mol. The number of nitrogens with one attached hydrogen (secondary N) is 1. The molecule has 1 rings (SSSR count). The van der Waals surface area contributed by atoms with Crippen molar-refractivity contribution in [2.45, 2.75) is 32.6 Å². The van der Waals surface area contributed by atoms with Crippen LogP contribution in [0.3, 0.4) is 0 Å². The second kappa shape index (κ2) is 6.33. The van der Waals surface area contributed by atoms with Crippen LogP contribution in [0.25, 0.3) is 0 Å². The van der Waals surface area contributed by atoms with Crippen LogP contribution in [0.15, 0.2) is 18.2 Å². The van der Waals surface area contributed by atoms with Crippen LogP contribution in [-0.4, -0.2) is 17.8 Å². The van der Waals surface area contributed by atoms with Crippen LogP contribution >= 0.6 is 11.6 Å². The van der Waals surface area contributed by atoms with Gasteiger partial charge in [-0.15, -0.1) is 11.6 Å². The topological polar surface area (TPSA) is 29.1 Å². The minimum absolute atomic E-state index is 0.0429. The van der Waals surface area contributed by atoms with Crippen molar-refractivity contribution < 1.29 is 13.6 Å². The molecule has 0 fully saturated rings. The molecule has 0 heterocycles. The lowest BCUT2D eigenvalue weighted by Crippen LogP contribution is -2.32. The molecule has 0 saturated carbocycles. The van der Waals surface area contributed by atoms with E-state index in [9.17, 15) is 13.6 Å². The highest BCUT2D eigenvalue weighted by Crippen LogP contribution is 2.23. The Labute approximate surface area is 117 Å². The van der Waals surface area contributed by atoms with Crippen LogP contribution in [0.2, 0.25) is 0 Å². The van der Waals surface area contributed by atoms with Gasteiger partial charge in [0.25, 0.3) is 5.91 Å². The fourth-order valence-corrected chi connectivity index (χ4v) is 2.25. The summed E-state index contributed by atoms with van der Waals surface area (Å²) in [5.41, 5.74) is -0.263. The Bertz CT molecular complexity index is 457. The summed E-state index contributed by atoms with van der Waals surface area (Å²) in [4.78, 5) is 11.7. The molecule has 0 bridgehead atoms. The standard InChI is InChI=1S/C14H18ClF2NO/c1-14(2,3)7-9(15)8-18-13(19)10-5-4-6-11(16)12(10)17/h4-6,9H,7-8H2,1-3H3,(H,18,19). The Morgan fingerprint density at radius 1 is 1.37 bits per heavy atom. The van der Waals surface area contributed by atoms with E-state index in [1.54, 1.807) is 0 Å². The molecule has 1 N–H and O–H groups in total. The largest absolute Gasteiger partial charge is 0.350 e. The van der Waals surface area contributed by atoms with Crippen molar-refractivity contribution in [1.82, 2.24) is 5.32 Å². The van der Waals surface area contributed by atoms with Gasteiger partial charge in [0.1, 0.15) is 0 Å². The number of carbonyl (C=O) groups is 1. The molecule has 5 heteroatoms. The maximum absolute atomic E-state index is 13.4. The molecule has 1 amide bonds. The summed E-state index contributed by atoms with van der Waals surface area (Å²) in [7, 11) is 0. The summed E-state index contributed by atoms with van der Waals surface area (Å²) >= 11 is 6.09. The van der Waals surface area contributed by atoms with Crippen molar-refractivity contribution in [3.8, 4) is 0 Å². The van der Waals surface area contributed by atoms with E-state index in [0.29, 0.717) is 6.42 Å². The van der Waals surface area contributed by atoms with Crippen LogP contribution in [-0.2, 0) is 0 Å². The molecule has 1 aromatic rings. The van der Waals surface area contributed by atoms with Gasteiger partial charge >= 0.3 is 0 Å². The molecule has 0 aliphatic rings. The monoisotopic (exact) mass is 289 g/mol. The Kier molecular flexibility index (Phi) is 5.29. The average molecular weight is 290 g/mol. The summed E-state index contributed by atoms with van der Waals surface area (Å²) in [6.45, 7) is 6.33. The molecule has 0 aliphatic heterocycles. The number of hydrogen-bond donors (Lipinski definition) is 1. The molecule has 106 valence electrons. The van der Waals surface area contributed by atoms with E-state index in [-0.39, 0.29) is 22.9 Å². The summed E-state index contributed by atoms with van der Waals surface area (Å²) in [6.07, 6.45) is 0.709. The van der Waals surface area contributed by atoms with Gasteiger partial charge in [0.15, 0.2) is 11.6 Å². The lowest BCUT2D eigenvalue weighted by molar-refractivity contribution is 0.0947. The van der Waals surface area contributed by atoms with Crippen molar-refractivity contribution in [3.05, 3.63) is 35.4 Å². The van der Waals surface area contributed by atoms with Crippen molar-refractivity contribution in [2.75, 3.05) is 6.54 Å². The molecule has 0 aromatic heterocycles. The fourth-order valence-electron chi connectivity index (χ4n) is 1.71. The van der Waals surface area contributed by atoms with Crippen LogP contribution in [0, 0.1) is 17.0 Å². The Morgan fingerprint density at radius 3 is 2.58 bits per heavy atom. The molecule has 1 aromatic carbocycles. The number of alkyl halides is 1. The highest BCUT2D eigenvalue weighted by Gasteiger charge is 2.19. The first kappa shape index (κ1) is 15.9. The molecule has 19 heavy (non-hydrogen) atoms. The SMILES string of the molecule is CC(C)(C)CC(Cl)CNC(=O)c1cccc(F)c1F. The van der Waals surface area contributed by atoms with Gasteiger partial charge in [-0.05, 0) is 24.0 Å². The second-order valence-corrected chi connectivity index (χ2v) is 6.29. The lowest BCUT2D eigenvalue weighted by atomic mass is 9.90. The number of amides is 1. The van der Waals surface area contributed by atoms with E-state index in [0.717, 1.165) is 6.07 Å². The summed E-state index contributed by atoms with van der Waals surface area (Å²) in [5.74, 6) is -2.83. The summed E-state index contributed by atoms with van der Waals surface area (Å²) in [6, 6.07) is 3.50. The molecular weight excluding hydrogens is 272 g/mol. The zero-order valence-corrected chi connectivity index (χ0v) is 12.0. The zero-order valence-electron chi connectivity index (χ0n) is 11.3. The van der Waals surface area contributed by atoms with Crippen LogP contribution in [0.1, 0.15) is 37.6 Å². The van der Waals surface area contributed by atoms with Crippen molar-refractivity contribution in [3.63, 3.8) is 0 Å². The molecule has 1 atom stereocenters. The maximum Gasteiger partial charge on any atom is 0.254 e. The van der Waals surface area contributed by atoms with Crippen molar-refractivity contribution >= 4 is 17.5 Å². The third-order valence-corrected chi connectivity index (χ3v) is 2.82. The third kappa shape index (κ3) is 5.15. The van der Waals surface area contributed by atoms with Crippen molar-refractivity contribution in [1.29, 1.82) is 0 Å². The zero-order chi connectivity index (χ0) is 14.6. The highest BCUT2D eigenvalue weighted by atomic mass is 35.5. The van der Waals surface area contributed by atoms with Crippen molar-refractivity contribution in [2.24, 2.45) is 5.41 Å². The number of carbonyl (C=O) groups excluding carboxylic acids is 1. The van der Waals surface area contributed by atoms with Gasteiger partial charge in [0, 0.05) is 6.54 Å². The quantitative estimate of drug-likeness (QED) is 0.841. The first-order valence-electron chi connectivity index (χ1n) is 6.07. The number of rotatable bonds is 4. The smallest absolute Gasteiger partial charge is 0.254 e. The minimum atomic E-state index is -1.14. The van der Waals surface area contributed by atoms with E-state index in [1.165, 1.54) is 12.1 Å². The van der Waals surface area contributed by atoms with Gasteiger partial charge in [0.05, 0.1) is 10.9 Å². The van der Waals surface area contributed by atoms with Crippen LogP contribution in [0.5, 0.6) is 0 Å². The number of halogens is 3. The number of hydrogen-bond acceptors (Lipinski definition) is 1. The Balaban J connectivity index is 2.59. The van der Waals surface area contributed by atoms with Crippen LogP contribution in [0.4, 0.5) is 8.78 Å². The molecule has 0 radical (unpaired) electrons. The molecule has 0 saturated heterocycles. The van der Waals surface area contributed by atoms with Crippen LogP contribution < -0.4 is 5.32 Å². The van der Waals surface area contributed by atoms with E-state index >= 15 is 0 Å². The minimum Gasteiger partial charge on any atom is -0.350 e. The first-order valence-corrected chi connectivity index (χ1v) is 6.50. The Morgan fingerprint density at radius 2 is 2.00 bits per heavy atom. The van der Waals surface area contributed by atoms with E-state index in [4.69, 9.17) is 11.6 Å². The first-order chi connectivity index (χ1) is 8.70. The molecule has 0 aliphatic carbocycles. The van der Waals surface area contributed by atoms with E-state index < -0.39 is 17.5 Å². The number of benzene rings is 1. The maximum atomic E-state index is 13.4. The van der Waals surface area contributed by atoms with Gasteiger partial charge in [-0.2, -0.15) is 0 Å². The predicted octanol–water partition coefficient (Wildman–Crippen LogP) is 3.74. The lowest BCUT2D eigenvalue weighted by Gasteiger charge is -2.22. The van der Waals surface area contributed by atoms with E-state index in [1.807, 2.05) is 20.8 Å². The van der Waals surface area contributed by atoms with Gasteiger partial charge < -0.3 is 5.32 Å². The van der Waals surface area contributed by atoms with Gasteiger partial charge in [-0.25, -0.2) is 8.78 Å². The van der Waals surface area contributed by atoms with Gasteiger partial charge in [-0.3, -0.25) is 4.79 Å². The molecular formula is C14H18ClF2NO. The highest BCUT2D eigenvalue weighted by molar-refractivity contribution is 6.21. The second-order valence-electron chi connectivity index (χ2n) is 5.67. The average Bonchev–Trinajstić information content (AvgIpc) is 2.27. The molecule has 2 nitrogen and oxygen atoms in total. The van der Waals surface area contributed by atoms with E-state index in [2.05, 4.69) is 5.32 Å². The molecule has 1 unspecified atom stereocenters.